The van der Waals surface area contributed by atoms with E-state index in [1.807, 2.05) is 0 Å². The monoisotopic (exact) mass is 577 g/mol. The van der Waals surface area contributed by atoms with Gasteiger partial charge >= 0.3 is 12.1 Å². The van der Waals surface area contributed by atoms with Crippen LogP contribution in [-0.2, 0) is 11.0 Å². The van der Waals surface area contributed by atoms with Gasteiger partial charge in [-0.25, -0.2) is 4.79 Å². The third-order valence-electron chi connectivity index (χ3n) is 7.23. The van der Waals surface area contributed by atoms with Crippen molar-refractivity contribution in [3.63, 3.8) is 0 Å². The zero-order valence-electron chi connectivity index (χ0n) is 22.8. The molecule has 0 radical (unpaired) electrons. The summed E-state index contributed by atoms with van der Waals surface area (Å²) in [7, 11) is 1.50. The topological polar surface area (TPSA) is 117 Å². The van der Waals surface area contributed by atoms with Crippen molar-refractivity contribution in [1.82, 2.24) is 4.57 Å². The van der Waals surface area contributed by atoms with Crippen LogP contribution in [-0.4, -0.2) is 38.5 Å². The first-order valence-electron chi connectivity index (χ1n) is 12.8. The number of carbonyl (C=O) groups is 1. The number of methoxy groups -OCH3 is 1. The summed E-state index contributed by atoms with van der Waals surface area (Å²) in [5.41, 5.74) is -0.412. The highest BCUT2D eigenvalue weighted by Crippen LogP contribution is 2.45. The van der Waals surface area contributed by atoms with E-state index in [1.54, 1.807) is 50.3 Å². The van der Waals surface area contributed by atoms with Gasteiger partial charge in [-0.2, -0.15) is 18.3 Å². The second kappa shape index (κ2) is 10.4. The zero-order valence-corrected chi connectivity index (χ0v) is 22.8. The molecule has 0 spiro atoms. The molecular weight excluding hydrogens is 551 g/mol. The number of hydrogen-bond acceptors (Lipinski definition) is 6. The van der Waals surface area contributed by atoms with Crippen LogP contribution >= 0.6 is 0 Å². The summed E-state index contributed by atoms with van der Waals surface area (Å²) in [5.74, 6) is -1.31. The Kier molecular flexibility index (Phi) is 7.05. The van der Waals surface area contributed by atoms with Gasteiger partial charge in [0.1, 0.15) is 11.5 Å². The van der Waals surface area contributed by atoms with Crippen molar-refractivity contribution in [2.45, 2.75) is 32.0 Å². The molecule has 11 heteroatoms. The molecular formula is C31H26F3N3O5. The van der Waals surface area contributed by atoms with Gasteiger partial charge in [0.15, 0.2) is 5.69 Å². The van der Waals surface area contributed by atoms with E-state index in [9.17, 15) is 33.3 Å². The Morgan fingerprint density at radius 2 is 1.74 bits per heavy atom. The Labute approximate surface area is 238 Å². The van der Waals surface area contributed by atoms with Crippen molar-refractivity contribution in [3.8, 4) is 23.1 Å². The minimum absolute atomic E-state index is 0.00130. The fraction of sp³-hybridized carbons (Fsp3) is 0.194. The number of nitrogens with zero attached hydrogens (tertiary/aromatic N) is 3. The van der Waals surface area contributed by atoms with Gasteiger partial charge in [0.2, 0.25) is 11.4 Å². The van der Waals surface area contributed by atoms with Crippen LogP contribution in [0.2, 0.25) is 0 Å². The summed E-state index contributed by atoms with van der Waals surface area (Å²) in [6.07, 6.45) is -0.356. The lowest BCUT2D eigenvalue weighted by Crippen LogP contribution is -2.35. The van der Waals surface area contributed by atoms with Crippen molar-refractivity contribution in [3.05, 3.63) is 95.1 Å². The largest absolute Gasteiger partial charge is 0.507 e. The molecule has 0 aliphatic heterocycles. The lowest BCUT2D eigenvalue weighted by atomic mass is 9.84. The van der Waals surface area contributed by atoms with Crippen molar-refractivity contribution in [2.24, 2.45) is 10.2 Å². The fourth-order valence-electron chi connectivity index (χ4n) is 5.23. The lowest BCUT2D eigenvalue weighted by Gasteiger charge is -2.25. The standard InChI is InChI=1S/C31H26F3N3O5/c1-17-13-21(14-18(2)27(17)42-3)37-24-15-20(31(32,33)34)10-11-23(24)26(28(37)39)35-36-30(29(40)41)12-6-7-19(16-30)22-8-4-5-9-25(22)38/h4-15,38-39H,16H2,1-3H3,(H,40,41). The van der Waals surface area contributed by atoms with Gasteiger partial charge in [0.05, 0.1) is 18.2 Å². The van der Waals surface area contributed by atoms with Crippen LogP contribution < -0.4 is 4.74 Å². The van der Waals surface area contributed by atoms with Gasteiger partial charge in [0.25, 0.3) is 0 Å². The zero-order chi connectivity index (χ0) is 30.4. The molecule has 4 aromatic rings. The van der Waals surface area contributed by atoms with Crippen molar-refractivity contribution < 1.29 is 38.0 Å². The number of phenolic OH excluding ortho intramolecular Hbond substituents is 1. The summed E-state index contributed by atoms with van der Waals surface area (Å²) < 4.78 is 47.7. The number of rotatable bonds is 6. The molecule has 0 amide bonds. The minimum atomic E-state index is -4.65. The van der Waals surface area contributed by atoms with E-state index in [4.69, 9.17) is 4.74 Å². The molecule has 1 unspecified atom stereocenters. The van der Waals surface area contributed by atoms with E-state index in [1.165, 1.54) is 36.0 Å². The number of phenols is 1. The first-order valence-corrected chi connectivity index (χ1v) is 12.8. The molecule has 0 fully saturated rings. The molecule has 1 atom stereocenters. The maximum absolute atomic E-state index is 13.7. The number of aryl methyl sites for hydroxylation is 2. The predicted molar refractivity (Wildman–Crippen MR) is 151 cm³/mol. The molecule has 3 aromatic carbocycles. The third-order valence-corrected chi connectivity index (χ3v) is 7.23. The third kappa shape index (κ3) is 4.87. The molecule has 0 bridgehead atoms. The van der Waals surface area contributed by atoms with Crippen molar-refractivity contribution in [1.29, 1.82) is 0 Å². The van der Waals surface area contributed by atoms with Crippen LogP contribution in [0.5, 0.6) is 17.4 Å². The average Bonchev–Trinajstić information content (AvgIpc) is 3.21. The molecule has 216 valence electrons. The number of ether oxygens (including phenoxy) is 1. The number of allylic oxidation sites excluding steroid dienone is 2. The average molecular weight is 578 g/mol. The molecule has 1 aliphatic carbocycles. The Bertz CT molecular complexity index is 1800. The van der Waals surface area contributed by atoms with Gasteiger partial charge in [0, 0.05) is 23.1 Å². The first kappa shape index (κ1) is 28.5. The predicted octanol–water partition coefficient (Wildman–Crippen LogP) is 7.64. The molecule has 0 saturated carbocycles. The Morgan fingerprint density at radius 1 is 1.05 bits per heavy atom. The van der Waals surface area contributed by atoms with Crippen LogP contribution in [0, 0.1) is 13.8 Å². The highest BCUT2D eigenvalue weighted by molar-refractivity contribution is 5.97. The number of para-hydroxylation sites is 1. The molecule has 8 nitrogen and oxygen atoms in total. The van der Waals surface area contributed by atoms with Crippen LogP contribution in [0.3, 0.4) is 0 Å². The van der Waals surface area contributed by atoms with Gasteiger partial charge in [-0.1, -0.05) is 30.4 Å². The van der Waals surface area contributed by atoms with E-state index >= 15 is 0 Å². The molecule has 5 rings (SSSR count). The molecule has 1 aliphatic rings. The number of alkyl halides is 3. The van der Waals surface area contributed by atoms with E-state index in [-0.39, 0.29) is 28.8 Å². The van der Waals surface area contributed by atoms with Crippen LogP contribution in [0.25, 0.3) is 22.2 Å². The van der Waals surface area contributed by atoms with Crippen LogP contribution in [0.1, 0.15) is 28.7 Å². The highest BCUT2D eigenvalue weighted by Gasteiger charge is 2.40. The maximum Gasteiger partial charge on any atom is 0.416 e. The molecule has 3 N–H and O–H groups in total. The number of benzene rings is 3. The number of aromatic hydroxyl groups is 2. The second-order valence-electron chi connectivity index (χ2n) is 10.0. The minimum Gasteiger partial charge on any atom is -0.507 e. The summed E-state index contributed by atoms with van der Waals surface area (Å²) in [5, 5.41) is 40.3. The smallest absolute Gasteiger partial charge is 0.416 e. The number of hydrogen-bond donors (Lipinski definition) is 3. The SMILES string of the molecule is COc1c(C)cc(-n2c(O)c(N=NC3(C(=O)O)C=CC=C(c4ccccc4O)C3)c3ccc(C(F)(F)F)cc32)cc1C. The molecule has 0 saturated heterocycles. The second-order valence-corrected chi connectivity index (χ2v) is 10.0. The molecule has 1 heterocycles. The fourth-order valence-corrected chi connectivity index (χ4v) is 5.23. The Morgan fingerprint density at radius 3 is 2.36 bits per heavy atom. The van der Waals surface area contributed by atoms with E-state index in [0.717, 1.165) is 12.1 Å². The van der Waals surface area contributed by atoms with Gasteiger partial charge in [-0.3, -0.25) is 4.57 Å². The number of aliphatic carboxylic acids is 1. The van der Waals surface area contributed by atoms with Crippen molar-refractivity contribution in [2.75, 3.05) is 7.11 Å². The van der Waals surface area contributed by atoms with Crippen LogP contribution in [0.4, 0.5) is 18.9 Å². The molecule has 1 aromatic heterocycles. The van der Waals surface area contributed by atoms with E-state index < -0.39 is 29.1 Å². The van der Waals surface area contributed by atoms with E-state index in [2.05, 4.69) is 10.2 Å². The number of halogens is 3. The number of carboxylic acid groups (broad SMARTS) is 1. The van der Waals surface area contributed by atoms with Crippen molar-refractivity contribution >= 4 is 28.1 Å². The molecule has 42 heavy (non-hydrogen) atoms. The lowest BCUT2D eigenvalue weighted by molar-refractivity contribution is -0.141. The van der Waals surface area contributed by atoms with E-state index in [0.29, 0.717) is 33.7 Å². The summed E-state index contributed by atoms with van der Waals surface area (Å²) >= 11 is 0. The quantitative estimate of drug-likeness (QED) is 0.204. The van der Waals surface area contributed by atoms with Crippen LogP contribution in [0.15, 0.2) is 83.1 Å². The van der Waals surface area contributed by atoms with Gasteiger partial charge in [-0.15, -0.1) is 5.11 Å². The normalized spacial score (nSPS) is 17.1. The first-order chi connectivity index (χ1) is 19.9. The number of fused-ring (bicyclic) bond motifs is 1. The summed E-state index contributed by atoms with van der Waals surface area (Å²) in [6.45, 7) is 3.53. The number of carboxylic acids is 1. The van der Waals surface area contributed by atoms with Gasteiger partial charge in [-0.05, 0) is 73.0 Å². The number of azo groups is 1. The van der Waals surface area contributed by atoms with Gasteiger partial charge < -0.3 is 20.1 Å². The highest BCUT2D eigenvalue weighted by atomic mass is 19.4. The maximum atomic E-state index is 13.7. The Balaban J connectivity index is 1.68. The number of aromatic nitrogens is 1. The Hall–Kier alpha value is -5.06. The summed E-state index contributed by atoms with van der Waals surface area (Å²) in [6, 6.07) is 12.7. The summed E-state index contributed by atoms with van der Waals surface area (Å²) in [4.78, 5) is 12.5.